The molecule has 0 radical (unpaired) electrons. The maximum absolute atomic E-state index is 14.1. The van der Waals surface area contributed by atoms with Crippen molar-refractivity contribution in [2.45, 2.75) is 69.5 Å². The van der Waals surface area contributed by atoms with Crippen molar-refractivity contribution in [2.75, 3.05) is 72.9 Å². The van der Waals surface area contributed by atoms with E-state index in [0.29, 0.717) is 53.6 Å². The molecular weight excluding hydrogens is 861 g/mol. The predicted molar refractivity (Wildman–Crippen MR) is 246 cm³/mol. The molecule has 7 heterocycles. The number of piperidine rings is 2. The first-order chi connectivity index (χ1) is 32.5. The number of rotatable bonds is 10. The molecule has 0 aliphatic carbocycles. The summed E-state index contributed by atoms with van der Waals surface area (Å²) in [4.78, 5) is 73.4. The highest BCUT2D eigenvalue weighted by atomic mass is 19.1. The van der Waals surface area contributed by atoms with Crippen LogP contribution in [0.15, 0.2) is 72.8 Å². The molecule has 1 unspecified atom stereocenters. The van der Waals surface area contributed by atoms with Crippen LogP contribution in [-0.2, 0) is 20.7 Å². The number of likely N-dealkylation sites (tertiary alicyclic amines) is 1. The fourth-order valence-electron chi connectivity index (χ4n) is 11.1. The third-order valence-electron chi connectivity index (χ3n) is 14.7. The Morgan fingerprint density at radius 3 is 2.30 bits per heavy atom. The van der Waals surface area contributed by atoms with Crippen LogP contribution in [0.2, 0.25) is 0 Å². The monoisotopic (exact) mass is 911 g/mol. The van der Waals surface area contributed by atoms with Crippen LogP contribution in [0.1, 0.15) is 87.1 Å². The van der Waals surface area contributed by atoms with E-state index in [4.69, 9.17) is 4.74 Å². The molecule has 11 rings (SSSR count). The number of ether oxygens (including phenoxy) is 1. The number of benzene rings is 4. The third kappa shape index (κ3) is 8.28. The Kier molecular flexibility index (Phi) is 11.0. The quantitative estimate of drug-likeness (QED) is 0.124. The molecule has 6 aliphatic heterocycles. The van der Waals surface area contributed by atoms with Crippen molar-refractivity contribution in [3.63, 3.8) is 0 Å². The number of amides is 5. The van der Waals surface area contributed by atoms with E-state index in [9.17, 15) is 32.8 Å². The summed E-state index contributed by atoms with van der Waals surface area (Å²) in [6.45, 7) is 6.77. The molecular formula is C50H51F2N9O6. The molecule has 346 valence electrons. The van der Waals surface area contributed by atoms with Crippen LogP contribution in [0.4, 0.5) is 31.7 Å². The van der Waals surface area contributed by atoms with Crippen molar-refractivity contribution in [3.8, 4) is 0 Å². The summed E-state index contributed by atoms with van der Waals surface area (Å²) in [5.74, 6) is -3.20. The lowest BCUT2D eigenvalue weighted by Gasteiger charge is -2.53. The Morgan fingerprint density at radius 2 is 1.52 bits per heavy atom. The van der Waals surface area contributed by atoms with Gasteiger partial charge in [-0.3, -0.25) is 44.2 Å². The molecule has 15 nitrogen and oxygen atoms in total. The number of carbonyl (C=O) groups excluding carboxylic acids is 5. The summed E-state index contributed by atoms with van der Waals surface area (Å²) >= 11 is 0. The number of H-pyrrole nitrogens is 1. The van der Waals surface area contributed by atoms with Gasteiger partial charge in [0.1, 0.15) is 17.7 Å². The highest BCUT2D eigenvalue weighted by Crippen LogP contribution is 2.44. The second-order valence-electron chi connectivity index (χ2n) is 19.1. The van der Waals surface area contributed by atoms with E-state index in [-0.39, 0.29) is 35.8 Å². The fourth-order valence-corrected chi connectivity index (χ4v) is 11.1. The number of carbonyl (C=O) groups is 5. The molecule has 6 aliphatic rings. The van der Waals surface area contributed by atoms with E-state index in [2.05, 4.69) is 46.9 Å². The normalized spacial score (nSPS) is 21.3. The summed E-state index contributed by atoms with van der Waals surface area (Å²) in [5.41, 5.74) is 5.98. The van der Waals surface area contributed by atoms with Crippen LogP contribution in [0.25, 0.3) is 10.9 Å². The minimum atomic E-state index is -0.989. The third-order valence-corrected chi connectivity index (χ3v) is 14.7. The molecule has 1 spiro atoms. The Balaban J connectivity index is 0.722. The molecule has 5 saturated heterocycles. The van der Waals surface area contributed by atoms with Crippen molar-refractivity contribution in [1.82, 2.24) is 25.3 Å². The zero-order chi connectivity index (χ0) is 46.0. The van der Waals surface area contributed by atoms with Crippen molar-refractivity contribution >= 4 is 63.3 Å². The van der Waals surface area contributed by atoms with Crippen LogP contribution in [-0.4, -0.2) is 120 Å². The number of fused-ring (bicyclic) bond motifs is 2. The predicted octanol–water partition coefficient (Wildman–Crippen LogP) is 5.86. The van der Waals surface area contributed by atoms with Gasteiger partial charge in [0, 0.05) is 105 Å². The summed E-state index contributed by atoms with van der Waals surface area (Å²) in [7, 11) is 0. The van der Waals surface area contributed by atoms with Gasteiger partial charge in [-0.15, -0.1) is 0 Å². The lowest BCUT2D eigenvalue weighted by Crippen LogP contribution is -2.62. The topological polar surface area (TPSA) is 172 Å². The Hall–Kier alpha value is -6.72. The molecule has 67 heavy (non-hydrogen) atoms. The number of halogens is 2. The van der Waals surface area contributed by atoms with E-state index in [1.165, 1.54) is 12.1 Å². The maximum Gasteiger partial charge on any atom is 0.262 e. The summed E-state index contributed by atoms with van der Waals surface area (Å²) in [6, 6.07) is 20.1. The Labute approximate surface area is 385 Å². The van der Waals surface area contributed by atoms with Gasteiger partial charge in [0.05, 0.1) is 22.2 Å². The van der Waals surface area contributed by atoms with E-state index in [0.717, 1.165) is 110 Å². The summed E-state index contributed by atoms with van der Waals surface area (Å²) in [5, 5.41) is 17.0. The number of aromatic nitrogens is 2. The SMILES string of the molecule is O=C1CCC(N2C(=O)c3ccc(N4CCC5(C4)CN(C4CCN(c6ccc(C(=O)Nc7n[nH]c8ccc(Cc9cc(F)cc(F)c9)cc78)c(NC7CCOCC7)c6)CC4)C5)cc3C2=O)C(=O)N1. The number of anilines is 4. The number of aromatic amines is 1. The van der Waals surface area contributed by atoms with Gasteiger partial charge in [0.25, 0.3) is 17.7 Å². The van der Waals surface area contributed by atoms with E-state index in [1.54, 1.807) is 12.1 Å². The zero-order valence-corrected chi connectivity index (χ0v) is 36.9. The number of nitrogens with one attached hydrogen (secondary N) is 4. The lowest BCUT2D eigenvalue weighted by atomic mass is 9.77. The number of nitrogens with zero attached hydrogens (tertiary/aromatic N) is 5. The standard InChI is InChI=1S/C50H51F2N9O6/c51-31-20-30(21-32(52)23-31)19-29-1-6-41-40(22-29)45(57-56-41)55-46(63)38-5-3-36(25-42(38)53-33-11-17-67-18-12-33)58-14-9-34(10-15-58)60-27-50(28-60)13-16-59(26-50)35-2-4-37-39(24-35)49(66)61(48(37)65)43-7-8-44(62)54-47(43)64/h1-6,20-25,33-34,43,53H,7-19,26-28H2,(H,54,62,64)(H2,55,56,57,63). The van der Waals surface area contributed by atoms with Crippen LogP contribution in [0.5, 0.6) is 0 Å². The summed E-state index contributed by atoms with van der Waals surface area (Å²) < 4.78 is 33.5. The second kappa shape index (κ2) is 17.2. The van der Waals surface area contributed by atoms with Crippen molar-refractivity contribution < 1.29 is 37.5 Å². The van der Waals surface area contributed by atoms with Crippen LogP contribution in [0.3, 0.4) is 0 Å². The first kappa shape index (κ1) is 42.9. The lowest BCUT2D eigenvalue weighted by molar-refractivity contribution is -0.136. The van der Waals surface area contributed by atoms with Crippen LogP contribution >= 0.6 is 0 Å². The molecule has 1 aromatic heterocycles. The number of hydrogen-bond donors (Lipinski definition) is 4. The molecule has 1 atom stereocenters. The average molecular weight is 912 g/mol. The first-order valence-electron chi connectivity index (χ1n) is 23.3. The highest BCUT2D eigenvalue weighted by Gasteiger charge is 2.50. The maximum atomic E-state index is 14.1. The molecule has 17 heteroatoms. The molecule has 5 aromatic rings. The van der Waals surface area contributed by atoms with E-state index >= 15 is 0 Å². The van der Waals surface area contributed by atoms with Crippen LogP contribution < -0.4 is 25.8 Å². The Morgan fingerprint density at radius 1 is 0.776 bits per heavy atom. The van der Waals surface area contributed by atoms with E-state index in [1.807, 2.05) is 36.4 Å². The van der Waals surface area contributed by atoms with E-state index < -0.39 is 41.3 Å². The zero-order valence-electron chi connectivity index (χ0n) is 36.9. The van der Waals surface area contributed by atoms with Gasteiger partial charge in [0.15, 0.2) is 5.82 Å². The van der Waals surface area contributed by atoms with Gasteiger partial charge < -0.3 is 25.2 Å². The number of hydrogen-bond acceptors (Lipinski definition) is 11. The van der Waals surface area contributed by atoms with Gasteiger partial charge in [-0.2, -0.15) is 5.10 Å². The Bertz CT molecular complexity index is 2810. The molecule has 5 amide bonds. The van der Waals surface area contributed by atoms with Crippen molar-refractivity contribution in [1.29, 1.82) is 0 Å². The second-order valence-corrected chi connectivity index (χ2v) is 19.1. The molecule has 4 N–H and O–H groups in total. The largest absolute Gasteiger partial charge is 0.381 e. The van der Waals surface area contributed by atoms with Gasteiger partial charge >= 0.3 is 0 Å². The van der Waals surface area contributed by atoms with Gasteiger partial charge in [0.2, 0.25) is 11.8 Å². The van der Waals surface area contributed by atoms with Gasteiger partial charge in [-0.1, -0.05) is 6.07 Å². The van der Waals surface area contributed by atoms with Gasteiger partial charge in [-0.05, 0) is 117 Å². The van der Waals surface area contributed by atoms with Gasteiger partial charge in [-0.25, -0.2) is 8.78 Å². The fraction of sp³-hybridized carbons (Fsp3) is 0.400. The smallest absolute Gasteiger partial charge is 0.262 e. The molecule has 5 fully saturated rings. The first-order valence-corrected chi connectivity index (χ1v) is 23.3. The minimum Gasteiger partial charge on any atom is -0.381 e. The average Bonchev–Trinajstić information content (AvgIpc) is 4.00. The van der Waals surface area contributed by atoms with Crippen molar-refractivity contribution in [2.24, 2.45) is 5.41 Å². The van der Waals surface area contributed by atoms with Crippen molar-refractivity contribution in [3.05, 3.63) is 112 Å². The molecule has 0 saturated carbocycles. The number of imide groups is 2. The molecule has 0 bridgehead atoms. The highest BCUT2D eigenvalue weighted by molar-refractivity contribution is 6.23. The van der Waals surface area contributed by atoms with Crippen LogP contribution in [0, 0.1) is 17.0 Å². The molecule has 4 aromatic carbocycles. The summed E-state index contributed by atoms with van der Waals surface area (Å²) in [6.07, 6.45) is 5.23. The minimum absolute atomic E-state index is 0.0811.